The summed E-state index contributed by atoms with van der Waals surface area (Å²) >= 11 is 7.74. The number of thiophene rings is 1. The normalized spacial score (nSPS) is 15.5. The third-order valence-electron chi connectivity index (χ3n) is 3.74. The van der Waals surface area contributed by atoms with Gasteiger partial charge in [0.25, 0.3) is 0 Å². The highest BCUT2D eigenvalue weighted by atomic mass is 35.5. The summed E-state index contributed by atoms with van der Waals surface area (Å²) in [5.74, 6) is 0. The van der Waals surface area contributed by atoms with Crippen molar-refractivity contribution >= 4 is 22.9 Å². The van der Waals surface area contributed by atoms with Crippen molar-refractivity contribution in [2.24, 2.45) is 0 Å². The molecule has 0 saturated carbocycles. The second-order valence-electron chi connectivity index (χ2n) is 5.01. The van der Waals surface area contributed by atoms with Gasteiger partial charge in [-0.2, -0.15) is 0 Å². The highest BCUT2D eigenvalue weighted by Crippen LogP contribution is 2.33. The molecule has 3 heteroatoms. The van der Waals surface area contributed by atoms with Gasteiger partial charge in [0.05, 0.1) is 10.4 Å². The molecule has 1 aliphatic carbocycles. The molecule has 1 unspecified atom stereocenters. The van der Waals surface area contributed by atoms with Gasteiger partial charge in [-0.3, -0.25) is 0 Å². The third-order valence-corrected chi connectivity index (χ3v) is 5.04. The first kappa shape index (κ1) is 13.2. The van der Waals surface area contributed by atoms with E-state index in [1.165, 1.54) is 40.8 Å². The molecule has 1 N–H and O–H groups in total. The van der Waals surface area contributed by atoms with E-state index in [4.69, 9.17) is 11.6 Å². The molecule has 0 saturated heterocycles. The molecule has 1 atom stereocenters. The molecule has 0 bridgehead atoms. The smallest absolute Gasteiger partial charge is 0.0931 e. The van der Waals surface area contributed by atoms with Crippen LogP contribution in [0.25, 0.3) is 0 Å². The first-order chi connectivity index (χ1) is 9.28. The average Bonchev–Trinajstić information content (AvgIpc) is 3.03. The van der Waals surface area contributed by atoms with E-state index in [2.05, 4.69) is 36.5 Å². The van der Waals surface area contributed by atoms with E-state index in [1.807, 2.05) is 6.07 Å². The maximum atomic E-state index is 6.08. The molecule has 1 aliphatic rings. The summed E-state index contributed by atoms with van der Waals surface area (Å²) in [4.78, 5) is 1.30. The van der Waals surface area contributed by atoms with Crippen molar-refractivity contribution in [3.8, 4) is 0 Å². The molecular formula is C16H18ClNS. The van der Waals surface area contributed by atoms with Crippen LogP contribution < -0.4 is 5.32 Å². The van der Waals surface area contributed by atoms with Crippen molar-refractivity contribution < 1.29 is 0 Å². The predicted molar refractivity (Wildman–Crippen MR) is 83.3 cm³/mol. The molecule has 0 amide bonds. The summed E-state index contributed by atoms with van der Waals surface area (Å²) in [6.45, 7) is 3.10. The maximum absolute atomic E-state index is 6.08. The summed E-state index contributed by atoms with van der Waals surface area (Å²) in [5.41, 5.74) is 4.42. The van der Waals surface area contributed by atoms with E-state index in [1.54, 1.807) is 11.3 Å². The number of aryl methyl sites for hydroxylation is 2. The van der Waals surface area contributed by atoms with Crippen LogP contribution in [0.2, 0.25) is 4.34 Å². The Labute approximate surface area is 123 Å². The summed E-state index contributed by atoms with van der Waals surface area (Å²) in [6, 6.07) is 11.3. The van der Waals surface area contributed by atoms with Crippen molar-refractivity contribution in [1.29, 1.82) is 0 Å². The average molecular weight is 292 g/mol. The Morgan fingerprint density at radius 1 is 1.21 bits per heavy atom. The molecule has 19 heavy (non-hydrogen) atoms. The van der Waals surface area contributed by atoms with E-state index < -0.39 is 0 Å². The molecule has 3 rings (SSSR count). The van der Waals surface area contributed by atoms with Crippen LogP contribution in [0.3, 0.4) is 0 Å². The van der Waals surface area contributed by atoms with Gasteiger partial charge >= 0.3 is 0 Å². The maximum Gasteiger partial charge on any atom is 0.0931 e. The highest BCUT2D eigenvalue weighted by molar-refractivity contribution is 7.16. The number of fused-ring (bicyclic) bond motifs is 1. The lowest BCUT2D eigenvalue weighted by Crippen LogP contribution is -2.21. The first-order valence-corrected chi connectivity index (χ1v) is 8.07. The molecular weight excluding hydrogens is 274 g/mol. The van der Waals surface area contributed by atoms with Crippen LogP contribution >= 0.6 is 22.9 Å². The lowest BCUT2D eigenvalue weighted by Gasteiger charge is -2.18. The number of rotatable bonds is 4. The van der Waals surface area contributed by atoms with Crippen LogP contribution in [0, 0.1) is 0 Å². The van der Waals surface area contributed by atoms with Crippen molar-refractivity contribution in [2.75, 3.05) is 6.54 Å². The summed E-state index contributed by atoms with van der Waals surface area (Å²) in [6.07, 6.45) is 3.77. The molecule has 0 spiro atoms. The van der Waals surface area contributed by atoms with Gasteiger partial charge in [0.2, 0.25) is 0 Å². The second kappa shape index (κ2) is 5.66. The zero-order valence-electron chi connectivity index (χ0n) is 11.1. The van der Waals surface area contributed by atoms with Gasteiger partial charge in [-0.05, 0) is 54.6 Å². The number of hydrogen-bond acceptors (Lipinski definition) is 2. The van der Waals surface area contributed by atoms with E-state index in [9.17, 15) is 0 Å². The molecule has 0 radical (unpaired) electrons. The second-order valence-corrected chi connectivity index (χ2v) is 6.76. The fourth-order valence-electron chi connectivity index (χ4n) is 2.84. The van der Waals surface area contributed by atoms with Gasteiger partial charge < -0.3 is 5.32 Å². The molecule has 0 aliphatic heterocycles. The van der Waals surface area contributed by atoms with Gasteiger partial charge in [-0.1, -0.05) is 36.7 Å². The van der Waals surface area contributed by atoms with Crippen LogP contribution in [0.15, 0.2) is 30.3 Å². The quantitative estimate of drug-likeness (QED) is 0.869. The van der Waals surface area contributed by atoms with Crippen LogP contribution in [0.1, 0.15) is 41.0 Å². The van der Waals surface area contributed by atoms with Crippen molar-refractivity contribution in [3.05, 3.63) is 56.2 Å². The van der Waals surface area contributed by atoms with Crippen molar-refractivity contribution in [3.63, 3.8) is 0 Å². The van der Waals surface area contributed by atoms with E-state index in [0.29, 0.717) is 0 Å². The third kappa shape index (κ3) is 2.71. The number of halogens is 1. The Kier molecular flexibility index (Phi) is 3.92. The summed E-state index contributed by atoms with van der Waals surface area (Å²) < 4.78 is 0.860. The Balaban J connectivity index is 1.95. The minimum absolute atomic E-state index is 0.272. The fraction of sp³-hybridized carbons (Fsp3) is 0.375. The van der Waals surface area contributed by atoms with Gasteiger partial charge in [-0.15, -0.1) is 11.3 Å². The minimum atomic E-state index is 0.272. The van der Waals surface area contributed by atoms with E-state index in [0.717, 1.165) is 10.9 Å². The summed E-state index contributed by atoms with van der Waals surface area (Å²) in [7, 11) is 0. The molecule has 2 aromatic rings. The van der Waals surface area contributed by atoms with Gasteiger partial charge in [0, 0.05) is 4.88 Å². The lowest BCUT2D eigenvalue weighted by molar-refractivity contribution is 0.639. The standard InChI is InChI=1S/C16H18ClNS/c1-2-18-16(14-8-9-15(17)19-14)13-7-6-11-4-3-5-12(11)10-13/h6-10,16,18H,2-5H2,1H3. The SMILES string of the molecule is CCNC(c1ccc2c(c1)CCC2)c1ccc(Cl)s1. The molecule has 0 fully saturated rings. The fourth-order valence-corrected chi connectivity index (χ4v) is 4.01. The Bertz CT molecular complexity index is 576. The molecule has 1 aromatic carbocycles. The van der Waals surface area contributed by atoms with Crippen LogP contribution in [-0.4, -0.2) is 6.54 Å². The lowest BCUT2D eigenvalue weighted by atomic mass is 10.00. The zero-order chi connectivity index (χ0) is 13.2. The number of hydrogen-bond donors (Lipinski definition) is 1. The Morgan fingerprint density at radius 3 is 2.79 bits per heavy atom. The number of nitrogens with one attached hydrogen (secondary N) is 1. The van der Waals surface area contributed by atoms with Crippen LogP contribution in [0.4, 0.5) is 0 Å². The monoisotopic (exact) mass is 291 g/mol. The molecule has 100 valence electrons. The zero-order valence-corrected chi connectivity index (χ0v) is 12.7. The molecule has 1 heterocycles. The number of benzene rings is 1. The first-order valence-electron chi connectivity index (χ1n) is 6.88. The van der Waals surface area contributed by atoms with Gasteiger partial charge in [0.1, 0.15) is 0 Å². The van der Waals surface area contributed by atoms with E-state index >= 15 is 0 Å². The largest absolute Gasteiger partial charge is 0.306 e. The summed E-state index contributed by atoms with van der Waals surface area (Å²) in [5, 5.41) is 3.57. The topological polar surface area (TPSA) is 12.0 Å². The van der Waals surface area contributed by atoms with Crippen LogP contribution in [-0.2, 0) is 12.8 Å². The molecule has 1 aromatic heterocycles. The minimum Gasteiger partial charge on any atom is -0.306 e. The van der Waals surface area contributed by atoms with Crippen molar-refractivity contribution in [1.82, 2.24) is 5.32 Å². The Hall–Kier alpha value is -0.830. The molecule has 1 nitrogen and oxygen atoms in total. The predicted octanol–water partition coefficient (Wildman–Crippen LogP) is 4.59. The van der Waals surface area contributed by atoms with Gasteiger partial charge in [-0.25, -0.2) is 0 Å². The van der Waals surface area contributed by atoms with E-state index in [-0.39, 0.29) is 6.04 Å². The van der Waals surface area contributed by atoms with Crippen molar-refractivity contribution in [2.45, 2.75) is 32.2 Å². The van der Waals surface area contributed by atoms with Gasteiger partial charge in [0.15, 0.2) is 0 Å². The highest BCUT2D eigenvalue weighted by Gasteiger charge is 2.18. The van der Waals surface area contributed by atoms with Crippen LogP contribution in [0.5, 0.6) is 0 Å². The Morgan fingerprint density at radius 2 is 2.05 bits per heavy atom.